The zero-order valence-electron chi connectivity index (χ0n) is 28.9. The van der Waals surface area contributed by atoms with Crippen LogP contribution < -0.4 is 4.90 Å². The summed E-state index contributed by atoms with van der Waals surface area (Å²) in [5.74, 6) is 0.377. The SMILES string of the molecule is CCC(Cc1ccccc1Sc1ccccc1C)c1ccc2oc3cc4oc5ccc(N6c7ccccc7Sc7ccccc76)cc5c4cc3c2c1. The van der Waals surface area contributed by atoms with E-state index in [1.165, 1.54) is 47.6 Å². The summed E-state index contributed by atoms with van der Waals surface area (Å²) in [4.78, 5) is 7.51. The fourth-order valence-corrected chi connectivity index (χ4v) is 9.85. The number of hydrogen-bond acceptors (Lipinski definition) is 5. The van der Waals surface area contributed by atoms with Gasteiger partial charge in [0.1, 0.15) is 22.3 Å². The van der Waals surface area contributed by atoms with Crippen LogP contribution in [-0.4, -0.2) is 0 Å². The minimum Gasteiger partial charge on any atom is -0.456 e. The number of fused-ring (bicyclic) bond motifs is 8. The summed E-state index contributed by atoms with van der Waals surface area (Å²) in [7, 11) is 0. The van der Waals surface area contributed by atoms with Crippen LogP contribution in [0, 0.1) is 6.92 Å². The molecule has 0 N–H and O–H groups in total. The third-order valence-electron chi connectivity index (χ3n) is 10.5. The van der Waals surface area contributed by atoms with Gasteiger partial charge >= 0.3 is 0 Å². The van der Waals surface area contributed by atoms with Crippen molar-refractivity contribution in [2.45, 2.75) is 52.2 Å². The van der Waals surface area contributed by atoms with Crippen LogP contribution in [0.25, 0.3) is 43.9 Å². The van der Waals surface area contributed by atoms with Crippen LogP contribution in [-0.2, 0) is 6.42 Å². The molecule has 0 saturated heterocycles. The summed E-state index contributed by atoms with van der Waals surface area (Å²) in [6.45, 7) is 4.49. The van der Waals surface area contributed by atoms with Crippen molar-refractivity contribution in [3.63, 3.8) is 0 Å². The Bertz CT molecular complexity index is 2770. The average molecular weight is 710 g/mol. The molecule has 0 fully saturated rings. The van der Waals surface area contributed by atoms with E-state index in [0.29, 0.717) is 5.92 Å². The number of rotatable bonds is 7. The third kappa shape index (κ3) is 5.30. The van der Waals surface area contributed by atoms with Crippen LogP contribution in [0.15, 0.2) is 174 Å². The Kier molecular flexibility index (Phi) is 7.66. The first-order valence-corrected chi connectivity index (χ1v) is 19.5. The van der Waals surface area contributed by atoms with Gasteiger partial charge in [-0.1, -0.05) is 97.2 Å². The van der Waals surface area contributed by atoms with Crippen molar-refractivity contribution in [1.29, 1.82) is 0 Å². The molecule has 0 bridgehead atoms. The van der Waals surface area contributed by atoms with Gasteiger partial charge in [-0.05, 0) is 115 Å². The molecular formula is C47H35NO2S2. The van der Waals surface area contributed by atoms with Gasteiger partial charge in [0.15, 0.2) is 0 Å². The third-order valence-corrected chi connectivity index (χ3v) is 12.9. The maximum atomic E-state index is 6.46. The number of aryl methyl sites for hydroxylation is 1. The highest BCUT2D eigenvalue weighted by molar-refractivity contribution is 8.00. The van der Waals surface area contributed by atoms with Gasteiger partial charge in [0.05, 0.1) is 11.4 Å². The minimum absolute atomic E-state index is 0.377. The smallest absolute Gasteiger partial charge is 0.139 e. The highest BCUT2D eigenvalue weighted by atomic mass is 32.2. The molecule has 7 aromatic carbocycles. The molecule has 1 unspecified atom stereocenters. The van der Waals surface area contributed by atoms with Gasteiger partial charge in [0.2, 0.25) is 0 Å². The predicted molar refractivity (Wildman–Crippen MR) is 218 cm³/mol. The Morgan fingerprint density at radius 1 is 0.577 bits per heavy atom. The molecule has 1 aliphatic rings. The Balaban J connectivity index is 1.05. The van der Waals surface area contributed by atoms with E-state index in [9.17, 15) is 0 Å². The first-order valence-electron chi connectivity index (χ1n) is 17.9. The largest absolute Gasteiger partial charge is 0.456 e. The van der Waals surface area contributed by atoms with Gasteiger partial charge in [0, 0.05) is 52.9 Å². The number of para-hydroxylation sites is 2. The van der Waals surface area contributed by atoms with Gasteiger partial charge in [-0.3, -0.25) is 0 Å². The lowest BCUT2D eigenvalue weighted by atomic mass is 9.89. The van der Waals surface area contributed by atoms with Gasteiger partial charge in [-0.25, -0.2) is 0 Å². The molecule has 1 aliphatic heterocycles. The average Bonchev–Trinajstić information content (AvgIpc) is 3.72. The quantitative estimate of drug-likeness (QED) is 0.164. The molecule has 1 atom stereocenters. The summed E-state index contributed by atoms with van der Waals surface area (Å²) in [6, 6.07) is 52.5. The lowest BCUT2D eigenvalue weighted by molar-refractivity contribution is 0.650. The molecule has 3 nitrogen and oxygen atoms in total. The molecule has 252 valence electrons. The van der Waals surface area contributed by atoms with Crippen LogP contribution in [0.2, 0.25) is 0 Å². The Morgan fingerprint density at radius 2 is 1.17 bits per heavy atom. The fraction of sp³-hybridized carbons (Fsp3) is 0.106. The molecule has 0 spiro atoms. The Morgan fingerprint density at radius 3 is 1.88 bits per heavy atom. The van der Waals surface area contributed by atoms with Crippen molar-refractivity contribution in [1.82, 2.24) is 0 Å². The number of hydrogen-bond donors (Lipinski definition) is 0. The van der Waals surface area contributed by atoms with E-state index in [4.69, 9.17) is 8.83 Å². The van der Waals surface area contributed by atoms with E-state index in [1.54, 1.807) is 0 Å². The fourth-order valence-electron chi connectivity index (χ4n) is 7.75. The highest BCUT2D eigenvalue weighted by Gasteiger charge is 2.25. The predicted octanol–water partition coefficient (Wildman–Crippen LogP) is 14.6. The Hall–Kier alpha value is -5.36. The van der Waals surface area contributed by atoms with E-state index in [1.807, 2.05) is 23.5 Å². The molecule has 5 heteroatoms. The summed E-state index contributed by atoms with van der Waals surface area (Å²) in [5.41, 5.74) is 11.0. The van der Waals surface area contributed by atoms with Crippen molar-refractivity contribution in [3.05, 3.63) is 162 Å². The van der Waals surface area contributed by atoms with Crippen LogP contribution >= 0.6 is 23.5 Å². The molecule has 0 aliphatic carbocycles. The van der Waals surface area contributed by atoms with Crippen molar-refractivity contribution in [2.24, 2.45) is 0 Å². The number of anilines is 3. The maximum Gasteiger partial charge on any atom is 0.139 e. The van der Waals surface area contributed by atoms with Crippen LogP contribution in [0.5, 0.6) is 0 Å². The van der Waals surface area contributed by atoms with E-state index in [-0.39, 0.29) is 0 Å². The van der Waals surface area contributed by atoms with Gasteiger partial charge in [0.25, 0.3) is 0 Å². The monoisotopic (exact) mass is 709 g/mol. The molecular weight excluding hydrogens is 675 g/mol. The summed E-state index contributed by atoms with van der Waals surface area (Å²) in [6.07, 6.45) is 2.03. The van der Waals surface area contributed by atoms with E-state index < -0.39 is 0 Å². The highest BCUT2D eigenvalue weighted by Crippen LogP contribution is 2.52. The second-order valence-electron chi connectivity index (χ2n) is 13.6. The molecule has 0 radical (unpaired) electrons. The van der Waals surface area contributed by atoms with Crippen molar-refractivity contribution in [2.75, 3.05) is 4.90 Å². The van der Waals surface area contributed by atoms with Crippen LogP contribution in [0.3, 0.4) is 0 Å². The molecule has 2 aromatic heterocycles. The lowest BCUT2D eigenvalue weighted by Crippen LogP contribution is -2.14. The van der Waals surface area contributed by atoms with E-state index in [2.05, 4.69) is 164 Å². The van der Waals surface area contributed by atoms with Gasteiger partial charge in [-0.15, -0.1) is 0 Å². The van der Waals surface area contributed by atoms with Crippen LogP contribution in [0.1, 0.15) is 36.0 Å². The Labute approximate surface area is 311 Å². The van der Waals surface area contributed by atoms with Crippen LogP contribution in [0.4, 0.5) is 17.1 Å². The molecule has 0 amide bonds. The lowest BCUT2D eigenvalue weighted by Gasteiger charge is -2.32. The summed E-state index contributed by atoms with van der Waals surface area (Å²) < 4.78 is 12.9. The maximum absolute atomic E-state index is 6.46. The zero-order valence-corrected chi connectivity index (χ0v) is 30.6. The molecule has 9 aromatic rings. The van der Waals surface area contributed by atoms with Crippen molar-refractivity contribution in [3.8, 4) is 0 Å². The van der Waals surface area contributed by atoms with Crippen molar-refractivity contribution >= 4 is 84.5 Å². The number of furan rings is 2. The normalized spacial score (nSPS) is 13.2. The number of benzene rings is 7. The summed E-state index contributed by atoms with van der Waals surface area (Å²) in [5, 5.41) is 4.46. The number of nitrogens with zero attached hydrogens (tertiary/aromatic N) is 1. The second-order valence-corrected chi connectivity index (χ2v) is 15.8. The standard InChI is InChI=1S/C47H35NO2S2/c1-3-30(24-32-13-5-9-17-45(32)51-44-16-8-4-12-29(44)2)31-20-22-40-34(25-31)36-27-37-35-26-33(21-23-41(35)50-43(37)28-42(36)49-40)48-38-14-6-10-18-46(38)52-47-19-11-7-15-39(47)48/h4-23,25-28,30H,3,24H2,1-2H3. The van der Waals surface area contributed by atoms with Crippen molar-refractivity contribution < 1.29 is 8.83 Å². The minimum atomic E-state index is 0.377. The van der Waals surface area contributed by atoms with Gasteiger partial charge < -0.3 is 13.7 Å². The summed E-state index contributed by atoms with van der Waals surface area (Å²) >= 11 is 3.70. The first-order chi connectivity index (χ1) is 25.6. The van der Waals surface area contributed by atoms with Gasteiger partial charge in [-0.2, -0.15) is 0 Å². The first kappa shape index (κ1) is 31.4. The molecule has 3 heterocycles. The van der Waals surface area contributed by atoms with E-state index in [0.717, 1.165) is 62.4 Å². The molecule has 52 heavy (non-hydrogen) atoms. The zero-order chi connectivity index (χ0) is 34.8. The van der Waals surface area contributed by atoms with E-state index >= 15 is 0 Å². The second kappa shape index (κ2) is 12.7. The molecule has 0 saturated carbocycles. The topological polar surface area (TPSA) is 29.5 Å². The molecule has 10 rings (SSSR count).